The van der Waals surface area contributed by atoms with Gasteiger partial charge in [-0.1, -0.05) is 0 Å². The van der Waals surface area contributed by atoms with Gasteiger partial charge in [-0.3, -0.25) is 9.48 Å². The number of nitrogens with zero attached hydrogens (tertiary/aromatic N) is 6. The molecule has 10 nitrogen and oxygen atoms in total. The number of hydrogen-bond acceptors (Lipinski definition) is 8. The van der Waals surface area contributed by atoms with Gasteiger partial charge < -0.3 is 15.0 Å². The van der Waals surface area contributed by atoms with Gasteiger partial charge >= 0.3 is 6.18 Å². The van der Waals surface area contributed by atoms with Gasteiger partial charge in [0.1, 0.15) is 0 Å². The maximum Gasteiger partial charge on any atom is 0.419 e. The molecule has 1 fully saturated rings. The van der Waals surface area contributed by atoms with Crippen LogP contribution < -0.4 is 15.8 Å². The summed E-state index contributed by atoms with van der Waals surface area (Å²) in [6.45, 7) is 4.23. The van der Waals surface area contributed by atoms with Gasteiger partial charge in [-0.25, -0.2) is 15.1 Å². The first-order chi connectivity index (χ1) is 16.8. The number of halogens is 3. The number of aromatic nitrogens is 6. The normalized spacial score (nSPS) is 16.7. The first-order valence-electron chi connectivity index (χ1n) is 11.4. The summed E-state index contributed by atoms with van der Waals surface area (Å²) in [5, 5.41) is 14.3. The van der Waals surface area contributed by atoms with Crippen LogP contribution in [0.25, 0.3) is 0 Å². The summed E-state index contributed by atoms with van der Waals surface area (Å²) in [6, 6.07) is 1.88. The monoisotopic (exact) mass is 490 g/mol. The van der Waals surface area contributed by atoms with Crippen LogP contribution in [0, 0.1) is 0 Å². The Hall–Kier alpha value is -3.48. The minimum absolute atomic E-state index is 0.0411. The van der Waals surface area contributed by atoms with Crippen molar-refractivity contribution in [2.24, 2.45) is 0 Å². The Bertz CT molecular complexity index is 1240. The molecule has 4 heterocycles. The third-order valence-electron chi connectivity index (χ3n) is 6.00. The Labute approximate surface area is 198 Å². The number of alkyl halides is 3. The number of fused-ring (bicyclic) bond motifs is 1. The number of nitrogens with one attached hydrogen (secondary N) is 2. The SMILES string of the molecule is C[C@@H](COCc1cc2n(n1)CCN(c1ncc(C(F)(F)F)cn1)C2)Nc1cn[nH]c(=O)c1C1CC1. The highest BCUT2D eigenvalue weighted by Gasteiger charge is 2.32. The fraction of sp³-hybridized carbons (Fsp3) is 0.500. The van der Waals surface area contributed by atoms with Gasteiger partial charge in [0.25, 0.3) is 5.56 Å². The molecule has 0 bridgehead atoms. The van der Waals surface area contributed by atoms with E-state index in [0.29, 0.717) is 38.8 Å². The van der Waals surface area contributed by atoms with Crippen molar-refractivity contribution in [2.45, 2.75) is 57.6 Å². The zero-order valence-electron chi connectivity index (χ0n) is 19.0. The summed E-state index contributed by atoms with van der Waals surface area (Å²) in [6.07, 6.45) is 0.813. The molecule has 1 aliphatic heterocycles. The summed E-state index contributed by atoms with van der Waals surface area (Å²) < 4.78 is 46.0. The Kier molecular flexibility index (Phi) is 6.17. The topological polar surface area (TPSA) is 114 Å². The lowest BCUT2D eigenvalue weighted by atomic mass is 10.1. The van der Waals surface area contributed by atoms with Crippen molar-refractivity contribution < 1.29 is 17.9 Å². The molecule has 0 saturated heterocycles. The Morgan fingerprint density at radius 1 is 1.23 bits per heavy atom. The minimum atomic E-state index is -4.46. The molecule has 35 heavy (non-hydrogen) atoms. The van der Waals surface area contributed by atoms with Gasteiger partial charge in [-0.15, -0.1) is 0 Å². The number of aromatic amines is 1. The maximum atomic E-state index is 12.8. The number of hydrogen-bond donors (Lipinski definition) is 2. The average molecular weight is 490 g/mol. The first kappa shape index (κ1) is 23.3. The third kappa shape index (κ3) is 5.29. The van der Waals surface area contributed by atoms with E-state index in [1.165, 1.54) is 0 Å². The summed E-state index contributed by atoms with van der Waals surface area (Å²) in [5.41, 5.74) is 2.16. The van der Waals surface area contributed by atoms with Gasteiger partial charge in [0.05, 0.1) is 55.1 Å². The maximum absolute atomic E-state index is 12.8. The van der Waals surface area contributed by atoms with E-state index < -0.39 is 11.7 Å². The van der Waals surface area contributed by atoms with Gasteiger partial charge in [-0.05, 0) is 31.7 Å². The lowest BCUT2D eigenvalue weighted by Gasteiger charge is -2.27. The molecule has 5 rings (SSSR count). The quantitative estimate of drug-likeness (QED) is 0.496. The van der Waals surface area contributed by atoms with E-state index >= 15 is 0 Å². The van der Waals surface area contributed by atoms with Gasteiger partial charge in [-0.2, -0.15) is 23.4 Å². The van der Waals surface area contributed by atoms with Gasteiger partial charge in [0, 0.05) is 30.5 Å². The molecule has 0 amide bonds. The molecule has 2 aliphatic rings. The van der Waals surface area contributed by atoms with Crippen LogP contribution in [-0.2, 0) is 30.6 Å². The Balaban J connectivity index is 1.14. The van der Waals surface area contributed by atoms with Gasteiger partial charge in [0.15, 0.2) is 0 Å². The second kappa shape index (κ2) is 9.29. The highest BCUT2D eigenvalue weighted by Crippen LogP contribution is 2.41. The molecule has 0 unspecified atom stereocenters. The fourth-order valence-corrected chi connectivity index (χ4v) is 4.15. The molecule has 3 aromatic rings. The van der Waals surface area contributed by atoms with Crippen molar-refractivity contribution in [3.05, 3.63) is 57.5 Å². The van der Waals surface area contributed by atoms with Crippen LogP contribution in [0.5, 0.6) is 0 Å². The summed E-state index contributed by atoms with van der Waals surface area (Å²) >= 11 is 0. The molecule has 0 aromatic carbocycles. The molecule has 1 aliphatic carbocycles. The largest absolute Gasteiger partial charge is 0.419 e. The summed E-state index contributed by atoms with van der Waals surface area (Å²) in [4.78, 5) is 21.7. The summed E-state index contributed by atoms with van der Waals surface area (Å²) in [7, 11) is 0. The highest BCUT2D eigenvalue weighted by molar-refractivity contribution is 5.51. The van der Waals surface area contributed by atoms with Crippen LogP contribution in [0.1, 0.15) is 48.2 Å². The third-order valence-corrected chi connectivity index (χ3v) is 6.00. The van der Waals surface area contributed by atoms with Crippen LogP contribution in [0.2, 0.25) is 0 Å². The van der Waals surface area contributed by atoms with E-state index in [-0.39, 0.29) is 17.5 Å². The van der Waals surface area contributed by atoms with Crippen molar-refractivity contribution in [2.75, 3.05) is 23.4 Å². The molecule has 3 aromatic heterocycles. The van der Waals surface area contributed by atoms with Crippen LogP contribution in [0.15, 0.2) is 29.5 Å². The van der Waals surface area contributed by atoms with Crippen LogP contribution >= 0.6 is 0 Å². The zero-order chi connectivity index (χ0) is 24.6. The molecule has 2 N–H and O–H groups in total. The van der Waals surface area contributed by atoms with E-state index in [9.17, 15) is 18.0 Å². The minimum Gasteiger partial charge on any atom is -0.379 e. The average Bonchev–Trinajstić information content (AvgIpc) is 3.56. The highest BCUT2D eigenvalue weighted by atomic mass is 19.4. The lowest BCUT2D eigenvalue weighted by molar-refractivity contribution is -0.138. The molecule has 1 saturated carbocycles. The van der Waals surface area contributed by atoms with Crippen molar-refractivity contribution in [3.8, 4) is 0 Å². The number of anilines is 2. The van der Waals surface area contributed by atoms with E-state index in [4.69, 9.17) is 4.74 Å². The van der Waals surface area contributed by atoms with Crippen LogP contribution in [0.3, 0.4) is 0 Å². The lowest BCUT2D eigenvalue weighted by Crippen LogP contribution is -2.35. The van der Waals surface area contributed by atoms with Crippen LogP contribution in [0.4, 0.5) is 24.8 Å². The first-order valence-corrected chi connectivity index (χ1v) is 11.4. The van der Waals surface area contributed by atoms with Crippen molar-refractivity contribution >= 4 is 11.6 Å². The molecule has 13 heteroatoms. The Morgan fingerprint density at radius 3 is 2.71 bits per heavy atom. The molecular formula is C22H25F3N8O2. The molecular weight excluding hydrogens is 465 g/mol. The molecule has 0 radical (unpaired) electrons. The number of H-pyrrole nitrogens is 1. The van der Waals surface area contributed by atoms with E-state index in [1.807, 2.05) is 22.6 Å². The predicted molar refractivity (Wildman–Crippen MR) is 120 cm³/mol. The summed E-state index contributed by atoms with van der Waals surface area (Å²) in [5.74, 6) is 0.546. The molecule has 0 spiro atoms. The van der Waals surface area contributed by atoms with Crippen molar-refractivity contribution in [3.63, 3.8) is 0 Å². The van der Waals surface area contributed by atoms with E-state index in [0.717, 1.165) is 47.9 Å². The number of ether oxygens (including phenoxy) is 1. The second-order valence-electron chi connectivity index (χ2n) is 8.90. The van der Waals surface area contributed by atoms with Gasteiger partial charge in [0.2, 0.25) is 5.95 Å². The predicted octanol–water partition coefficient (Wildman–Crippen LogP) is 2.69. The molecule has 186 valence electrons. The standard InChI is InChI=1S/C22H25F3N8O2/c1-13(29-18-9-28-30-20(34)19(18)14-2-3-14)11-35-12-16-6-17-10-32(4-5-33(17)31-16)21-26-7-15(8-27-21)22(23,24)25/h6-9,13-14H,2-5,10-12H2,1H3,(H2,29,30,34)/t13-/m0/s1. The van der Waals surface area contributed by atoms with E-state index in [2.05, 4.69) is 30.6 Å². The van der Waals surface area contributed by atoms with Crippen molar-refractivity contribution in [1.29, 1.82) is 0 Å². The number of rotatable bonds is 8. The Morgan fingerprint density at radius 2 is 2.00 bits per heavy atom. The fourth-order valence-electron chi connectivity index (χ4n) is 4.15. The van der Waals surface area contributed by atoms with Crippen molar-refractivity contribution in [1.82, 2.24) is 29.9 Å². The zero-order valence-corrected chi connectivity index (χ0v) is 19.0. The molecule has 1 atom stereocenters. The smallest absolute Gasteiger partial charge is 0.379 e. The second-order valence-corrected chi connectivity index (χ2v) is 8.90. The van der Waals surface area contributed by atoms with Crippen LogP contribution in [-0.4, -0.2) is 49.1 Å². The van der Waals surface area contributed by atoms with E-state index in [1.54, 1.807) is 6.20 Å².